The van der Waals surface area contributed by atoms with Crippen LogP contribution < -0.4 is 10.1 Å². The van der Waals surface area contributed by atoms with Gasteiger partial charge in [-0.05, 0) is 48.7 Å². The number of ether oxygens (including phenoxy) is 1. The normalized spacial score (nSPS) is 14.3. The molecule has 0 unspecified atom stereocenters. The molecule has 3 heterocycles. The molecule has 0 spiro atoms. The van der Waals surface area contributed by atoms with E-state index in [2.05, 4.69) is 15.3 Å². The summed E-state index contributed by atoms with van der Waals surface area (Å²) in [5.74, 6) is 0.408. The number of rotatable bonds is 6. The second-order valence-electron chi connectivity index (χ2n) is 8.34. The first-order valence-electron chi connectivity index (χ1n) is 11.2. The van der Waals surface area contributed by atoms with Crippen molar-refractivity contribution in [1.29, 1.82) is 0 Å². The number of fused-ring (bicyclic) bond motifs is 1. The summed E-state index contributed by atoms with van der Waals surface area (Å²) in [7, 11) is 1.61. The Hall–Kier alpha value is -3.37. The Labute approximate surface area is 209 Å². The number of carbonyl (C=O) groups excluding carboxylic acids is 2. The van der Waals surface area contributed by atoms with Crippen LogP contribution in [0.5, 0.6) is 5.75 Å². The number of likely N-dealkylation sites (tertiary alicyclic amines) is 1. The monoisotopic (exact) mass is 510 g/mol. The summed E-state index contributed by atoms with van der Waals surface area (Å²) >= 11 is 2.86. The molecule has 2 amide bonds. The molecule has 180 valence electrons. The molecule has 1 fully saturated rings. The molecule has 4 aromatic rings. The van der Waals surface area contributed by atoms with Gasteiger partial charge in [-0.25, -0.2) is 14.4 Å². The van der Waals surface area contributed by atoms with Crippen LogP contribution in [0.4, 0.5) is 9.52 Å². The minimum absolute atomic E-state index is 0.0442. The number of nitrogens with zero attached hydrogens (tertiary/aromatic N) is 3. The zero-order valence-corrected chi connectivity index (χ0v) is 20.6. The van der Waals surface area contributed by atoms with E-state index in [-0.39, 0.29) is 30.0 Å². The Morgan fingerprint density at radius 1 is 1.14 bits per heavy atom. The molecule has 1 aliphatic heterocycles. The van der Waals surface area contributed by atoms with Crippen LogP contribution >= 0.6 is 22.7 Å². The summed E-state index contributed by atoms with van der Waals surface area (Å²) in [6.07, 6.45) is 1.86. The van der Waals surface area contributed by atoms with Crippen LogP contribution in [0.25, 0.3) is 10.2 Å². The highest BCUT2D eigenvalue weighted by atomic mass is 32.1. The number of halogens is 1. The summed E-state index contributed by atoms with van der Waals surface area (Å²) in [4.78, 5) is 36.3. The van der Waals surface area contributed by atoms with E-state index in [1.54, 1.807) is 24.6 Å². The number of benzene rings is 2. The van der Waals surface area contributed by atoms with Crippen molar-refractivity contribution in [2.45, 2.75) is 25.2 Å². The van der Waals surface area contributed by atoms with Crippen molar-refractivity contribution < 1.29 is 18.7 Å². The van der Waals surface area contributed by atoms with Crippen LogP contribution in [0, 0.1) is 5.82 Å². The molecule has 0 atom stereocenters. The number of hydrogen-bond donors (Lipinski definition) is 1. The van der Waals surface area contributed by atoms with E-state index in [1.807, 2.05) is 23.1 Å². The minimum atomic E-state index is -0.306. The second kappa shape index (κ2) is 10.1. The van der Waals surface area contributed by atoms with E-state index in [0.717, 1.165) is 39.4 Å². The third-order valence-corrected chi connectivity index (χ3v) is 7.98. The highest BCUT2D eigenvalue weighted by molar-refractivity contribution is 7.22. The lowest BCUT2D eigenvalue weighted by Gasteiger charge is -2.31. The molecule has 1 aliphatic rings. The van der Waals surface area contributed by atoms with Crippen LogP contribution in [-0.2, 0) is 11.2 Å². The molecule has 10 heteroatoms. The van der Waals surface area contributed by atoms with Crippen LogP contribution in [0.1, 0.15) is 39.8 Å². The fourth-order valence-corrected chi connectivity index (χ4v) is 5.95. The number of anilines is 1. The van der Waals surface area contributed by atoms with Crippen molar-refractivity contribution in [1.82, 2.24) is 14.9 Å². The molecule has 2 aromatic carbocycles. The number of methoxy groups -OCH3 is 1. The zero-order valence-electron chi connectivity index (χ0n) is 19.0. The zero-order chi connectivity index (χ0) is 24.4. The average molecular weight is 511 g/mol. The van der Waals surface area contributed by atoms with Crippen LogP contribution in [-0.4, -0.2) is 46.9 Å². The van der Waals surface area contributed by atoms with Gasteiger partial charge in [0, 0.05) is 24.4 Å². The average Bonchev–Trinajstić information content (AvgIpc) is 3.52. The van der Waals surface area contributed by atoms with E-state index in [1.165, 1.54) is 34.8 Å². The van der Waals surface area contributed by atoms with Crippen molar-refractivity contribution in [3.8, 4) is 5.75 Å². The van der Waals surface area contributed by atoms with Crippen molar-refractivity contribution in [3.05, 3.63) is 69.9 Å². The Bertz CT molecular complexity index is 1360. The largest absolute Gasteiger partial charge is 0.497 e. The molecule has 35 heavy (non-hydrogen) atoms. The predicted octanol–water partition coefficient (Wildman–Crippen LogP) is 5.10. The van der Waals surface area contributed by atoms with Gasteiger partial charge in [-0.15, -0.1) is 11.3 Å². The summed E-state index contributed by atoms with van der Waals surface area (Å²) in [5.41, 5.74) is 1.98. The fraction of sp³-hybridized carbons (Fsp3) is 0.280. The number of piperidine rings is 1. The molecular formula is C25H23FN4O3S2. The van der Waals surface area contributed by atoms with Crippen molar-refractivity contribution in [3.63, 3.8) is 0 Å². The molecule has 5 rings (SSSR count). The van der Waals surface area contributed by atoms with Gasteiger partial charge in [0.1, 0.15) is 17.3 Å². The van der Waals surface area contributed by atoms with Gasteiger partial charge in [-0.2, -0.15) is 0 Å². The number of hydrogen-bond acceptors (Lipinski definition) is 7. The van der Waals surface area contributed by atoms with Gasteiger partial charge in [0.2, 0.25) is 5.91 Å². The number of aromatic nitrogens is 2. The van der Waals surface area contributed by atoms with Gasteiger partial charge in [0.05, 0.1) is 28.8 Å². The third-order valence-electron chi connectivity index (χ3n) is 6.04. The Kier molecular flexibility index (Phi) is 6.74. The van der Waals surface area contributed by atoms with E-state index in [0.29, 0.717) is 23.9 Å². The molecule has 0 saturated carbocycles. The Morgan fingerprint density at radius 3 is 2.66 bits per heavy atom. The number of amides is 2. The van der Waals surface area contributed by atoms with Crippen LogP contribution in [0.2, 0.25) is 0 Å². The molecule has 7 nitrogen and oxygen atoms in total. The van der Waals surface area contributed by atoms with Gasteiger partial charge in [-0.1, -0.05) is 23.5 Å². The fourth-order valence-electron chi connectivity index (χ4n) is 4.09. The minimum Gasteiger partial charge on any atom is -0.497 e. The first-order chi connectivity index (χ1) is 17.0. The smallest absolute Gasteiger partial charge is 0.276 e. The molecule has 1 saturated heterocycles. The third kappa shape index (κ3) is 5.33. The number of nitrogens with one attached hydrogen (secondary N) is 1. The first kappa shape index (κ1) is 23.4. The maximum Gasteiger partial charge on any atom is 0.276 e. The number of thiazole rings is 2. The van der Waals surface area contributed by atoms with Gasteiger partial charge < -0.3 is 9.64 Å². The highest BCUT2D eigenvalue weighted by Gasteiger charge is 2.26. The van der Waals surface area contributed by atoms with Crippen molar-refractivity contribution in [2.24, 2.45) is 0 Å². The van der Waals surface area contributed by atoms with Crippen molar-refractivity contribution in [2.75, 3.05) is 25.5 Å². The van der Waals surface area contributed by atoms with Gasteiger partial charge >= 0.3 is 0 Å². The lowest BCUT2D eigenvalue weighted by Crippen LogP contribution is -2.38. The SMILES string of the molecule is COc1ccc2nc(NC(=O)c3csc(C4CCN(C(=O)Cc5ccc(F)cc5)CC4)n3)sc2c1. The lowest BCUT2D eigenvalue weighted by atomic mass is 9.97. The summed E-state index contributed by atoms with van der Waals surface area (Å²) < 4.78 is 19.3. The summed E-state index contributed by atoms with van der Waals surface area (Å²) in [6.45, 7) is 1.28. The highest BCUT2D eigenvalue weighted by Crippen LogP contribution is 2.32. The summed E-state index contributed by atoms with van der Waals surface area (Å²) in [5, 5.41) is 6.04. The lowest BCUT2D eigenvalue weighted by molar-refractivity contribution is -0.131. The van der Waals surface area contributed by atoms with Crippen LogP contribution in [0.3, 0.4) is 0 Å². The maximum absolute atomic E-state index is 13.1. The molecule has 2 aromatic heterocycles. The Balaban J connectivity index is 1.16. The molecular weight excluding hydrogens is 487 g/mol. The van der Waals surface area contributed by atoms with Gasteiger partial charge in [0.15, 0.2) is 5.13 Å². The maximum atomic E-state index is 13.1. The van der Waals surface area contributed by atoms with Crippen LogP contribution in [0.15, 0.2) is 47.8 Å². The topological polar surface area (TPSA) is 84.4 Å². The van der Waals surface area contributed by atoms with E-state index in [4.69, 9.17) is 4.74 Å². The van der Waals surface area contributed by atoms with Gasteiger partial charge in [0.25, 0.3) is 5.91 Å². The molecule has 1 N–H and O–H groups in total. The predicted molar refractivity (Wildman–Crippen MR) is 135 cm³/mol. The molecule has 0 bridgehead atoms. The molecule has 0 radical (unpaired) electrons. The second-order valence-corrected chi connectivity index (χ2v) is 10.3. The molecule has 0 aliphatic carbocycles. The summed E-state index contributed by atoms with van der Waals surface area (Å²) in [6, 6.07) is 11.6. The standard InChI is InChI=1S/C25H23FN4O3S2/c1-33-18-6-7-19-21(13-18)35-25(28-19)29-23(32)20-14-34-24(27-20)16-8-10-30(11-9-16)22(31)12-15-2-4-17(26)5-3-15/h2-7,13-14,16H,8-12H2,1H3,(H,28,29,32). The van der Waals surface area contributed by atoms with E-state index >= 15 is 0 Å². The van der Waals surface area contributed by atoms with E-state index in [9.17, 15) is 14.0 Å². The van der Waals surface area contributed by atoms with Gasteiger partial charge in [-0.3, -0.25) is 14.9 Å². The Morgan fingerprint density at radius 2 is 1.91 bits per heavy atom. The van der Waals surface area contributed by atoms with Crippen molar-refractivity contribution >= 4 is 49.8 Å². The van der Waals surface area contributed by atoms with E-state index < -0.39 is 0 Å². The first-order valence-corrected chi connectivity index (χ1v) is 12.9. The number of carbonyl (C=O) groups is 2. The quantitative estimate of drug-likeness (QED) is 0.390.